The number of imidazole rings is 1. The van der Waals surface area contributed by atoms with Gasteiger partial charge in [-0.05, 0) is 7.05 Å². The van der Waals surface area contributed by atoms with Crippen LogP contribution in [0.25, 0.3) is 0 Å². The van der Waals surface area contributed by atoms with E-state index in [-0.39, 0.29) is 6.61 Å². The van der Waals surface area contributed by atoms with Crippen LogP contribution in [0.5, 0.6) is 0 Å². The van der Waals surface area contributed by atoms with Crippen LogP contribution in [0.2, 0.25) is 0 Å². The van der Waals surface area contributed by atoms with Gasteiger partial charge >= 0.3 is 0 Å². The summed E-state index contributed by atoms with van der Waals surface area (Å²) in [4.78, 5) is 3.97. The molecule has 15 heavy (non-hydrogen) atoms. The van der Waals surface area contributed by atoms with E-state index in [4.69, 9.17) is 4.74 Å². The van der Waals surface area contributed by atoms with E-state index in [1.165, 1.54) is 0 Å². The molecule has 0 aliphatic heterocycles. The standard InChI is InChI=1S/C9H15F2N3O/c1-12-4-8-5-13-7-14(8)2-3-15-6-9(10)11/h5,7,9,12H,2-4,6H2,1H3. The van der Waals surface area contributed by atoms with E-state index in [1.807, 2.05) is 11.6 Å². The molecule has 1 aromatic rings. The molecule has 0 aromatic carbocycles. The van der Waals surface area contributed by atoms with Gasteiger partial charge in [-0.1, -0.05) is 0 Å². The number of ether oxygens (including phenoxy) is 1. The van der Waals surface area contributed by atoms with Crippen molar-refractivity contribution in [2.45, 2.75) is 19.5 Å². The van der Waals surface area contributed by atoms with E-state index >= 15 is 0 Å². The largest absolute Gasteiger partial charge is 0.374 e. The summed E-state index contributed by atoms with van der Waals surface area (Å²) in [6.07, 6.45) is 1.01. The molecule has 0 unspecified atom stereocenters. The maximum absolute atomic E-state index is 11.7. The molecule has 1 heterocycles. The van der Waals surface area contributed by atoms with Crippen molar-refractivity contribution in [3.05, 3.63) is 18.2 Å². The first-order chi connectivity index (χ1) is 7.24. The van der Waals surface area contributed by atoms with Gasteiger partial charge in [0.15, 0.2) is 0 Å². The number of hydrogen-bond donors (Lipinski definition) is 1. The van der Waals surface area contributed by atoms with Gasteiger partial charge in [0.25, 0.3) is 6.43 Å². The summed E-state index contributed by atoms with van der Waals surface area (Å²) in [6, 6.07) is 0. The fourth-order valence-corrected chi connectivity index (χ4v) is 1.21. The zero-order valence-electron chi connectivity index (χ0n) is 8.62. The smallest absolute Gasteiger partial charge is 0.261 e. The molecule has 1 N–H and O–H groups in total. The first-order valence-corrected chi connectivity index (χ1v) is 4.73. The molecule has 0 aliphatic carbocycles. The van der Waals surface area contributed by atoms with E-state index in [9.17, 15) is 8.78 Å². The van der Waals surface area contributed by atoms with Crippen molar-refractivity contribution in [2.75, 3.05) is 20.3 Å². The second kappa shape index (κ2) is 6.47. The molecule has 0 saturated carbocycles. The average molecular weight is 219 g/mol. The van der Waals surface area contributed by atoms with Crippen molar-refractivity contribution in [2.24, 2.45) is 0 Å². The van der Waals surface area contributed by atoms with Gasteiger partial charge in [-0.3, -0.25) is 0 Å². The summed E-state index contributed by atoms with van der Waals surface area (Å²) < 4.78 is 30.2. The SMILES string of the molecule is CNCc1cncn1CCOCC(F)F. The van der Waals surface area contributed by atoms with Crippen LogP contribution in [0.3, 0.4) is 0 Å². The van der Waals surface area contributed by atoms with Gasteiger partial charge < -0.3 is 14.6 Å². The van der Waals surface area contributed by atoms with E-state index in [1.54, 1.807) is 12.5 Å². The Kier molecular flexibility index (Phi) is 5.20. The maximum Gasteiger partial charge on any atom is 0.261 e. The molecule has 0 amide bonds. The molecule has 0 fully saturated rings. The molecule has 0 atom stereocenters. The minimum atomic E-state index is -2.40. The van der Waals surface area contributed by atoms with E-state index in [0.717, 1.165) is 5.69 Å². The third-order valence-corrected chi connectivity index (χ3v) is 1.88. The van der Waals surface area contributed by atoms with Gasteiger partial charge in [-0.2, -0.15) is 0 Å². The number of nitrogens with zero attached hydrogens (tertiary/aromatic N) is 2. The lowest BCUT2D eigenvalue weighted by molar-refractivity contribution is 0.0146. The normalized spacial score (nSPS) is 11.2. The van der Waals surface area contributed by atoms with Crippen molar-refractivity contribution in [3.8, 4) is 0 Å². The van der Waals surface area contributed by atoms with E-state index in [2.05, 4.69) is 10.3 Å². The Hall–Kier alpha value is -1.01. The number of alkyl halides is 2. The van der Waals surface area contributed by atoms with Crippen LogP contribution >= 0.6 is 0 Å². The van der Waals surface area contributed by atoms with Gasteiger partial charge in [-0.25, -0.2) is 13.8 Å². The molecule has 0 spiro atoms. The van der Waals surface area contributed by atoms with Crippen LogP contribution in [0.4, 0.5) is 8.78 Å². The lowest BCUT2D eigenvalue weighted by atomic mass is 10.4. The first-order valence-electron chi connectivity index (χ1n) is 4.73. The highest BCUT2D eigenvalue weighted by atomic mass is 19.3. The highest BCUT2D eigenvalue weighted by Gasteiger charge is 2.03. The summed E-state index contributed by atoms with van der Waals surface area (Å²) in [5.41, 5.74) is 1.01. The Bertz CT molecular complexity index is 278. The van der Waals surface area contributed by atoms with Gasteiger partial charge in [0.2, 0.25) is 0 Å². The van der Waals surface area contributed by atoms with E-state index in [0.29, 0.717) is 13.1 Å². The van der Waals surface area contributed by atoms with Gasteiger partial charge in [-0.15, -0.1) is 0 Å². The molecule has 86 valence electrons. The summed E-state index contributed by atoms with van der Waals surface area (Å²) in [5.74, 6) is 0. The molecule has 0 bridgehead atoms. The highest BCUT2D eigenvalue weighted by molar-refractivity contribution is 4.97. The highest BCUT2D eigenvalue weighted by Crippen LogP contribution is 1.99. The Morgan fingerprint density at radius 3 is 3.07 bits per heavy atom. The summed E-state index contributed by atoms with van der Waals surface area (Å²) in [7, 11) is 1.84. The molecule has 1 rings (SSSR count). The third-order valence-electron chi connectivity index (χ3n) is 1.88. The fourth-order valence-electron chi connectivity index (χ4n) is 1.21. The molecule has 0 aliphatic rings. The minimum absolute atomic E-state index is 0.275. The Morgan fingerprint density at radius 1 is 1.60 bits per heavy atom. The van der Waals surface area contributed by atoms with Crippen molar-refractivity contribution >= 4 is 0 Å². The van der Waals surface area contributed by atoms with Crippen molar-refractivity contribution < 1.29 is 13.5 Å². The van der Waals surface area contributed by atoms with Crippen LogP contribution in [0.15, 0.2) is 12.5 Å². The Morgan fingerprint density at radius 2 is 2.40 bits per heavy atom. The Labute approximate surface area is 87.3 Å². The molecular weight excluding hydrogens is 204 g/mol. The summed E-state index contributed by atoms with van der Waals surface area (Å²) >= 11 is 0. The molecule has 0 saturated heterocycles. The van der Waals surface area contributed by atoms with Gasteiger partial charge in [0, 0.05) is 19.3 Å². The average Bonchev–Trinajstić information content (AvgIpc) is 2.61. The lowest BCUT2D eigenvalue weighted by Crippen LogP contribution is -2.14. The van der Waals surface area contributed by atoms with Crippen molar-refractivity contribution in [3.63, 3.8) is 0 Å². The molecule has 0 radical (unpaired) electrons. The lowest BCUT2D eigenvalue weighted by Gasteiger charge is -2.08. The second-order valence-electron chi connectivity index (χ2n) is 3.07. The number of nitrogens with one attached hydrogen (secondary N) is 1. The van der Waals surface area contributed by atoms with Crippen LogP contribution in [0.1, 0.15) is 5.69 Å². The van der Waals surface area contributed by atoms with Gasteiger partial charge in [0.1, 0.15) is 6.61 Å². The summed E-state index contributed by atoms with van der Waals surface area (Å²) in [5, 5.41) is 3.00. The van der Waals surface area contributed by atoms with E-state index < -0.39 is 13.0 Å². The second-order valence-corrected chi connectivity index (χ2v) is 3.07. The van der Waals surface area contributed by atoms with Crippen molar-refractivity contribution in [1.82, 2.24) is 14.9 Å². The topological polar surface area (TPSA) is 39.1 Å². The summed E-state index contributed by atoms with van der Waals surface area (Å²) in [6.45, 7) is 1.02. The number of halogens is 2. The predicted molar refractivity (Wildman–Crippen MR) is 51.8 cm³/mol. The zero-order chi connectivity index (χ0) is 11.1. The molecular formula is C9H15F2N3O. The number of aromatic nitrogens is 2. The Balaban J connectivity index is 2.27. The number of hydrogen-bond acceptors (Lipinski definition) is 3. The zero-order valence-corrected chi connectivity index (χ0v) is 8.62. The molecule has 4 nitrogen and oxygen atoms in total. The van der Waals surface area contributed by atoms with Crippen LogP contribution in [-0.4, -0.2) is 36.2 Å². The van der Waals surface area contributed by atoms with Crippen LogP contribution in [0, 0.1) is 0 Å². The first kappa shape index (κ1) is 12.1. The van der Waals surface area contributed by atoms with Gasteiger partial charge in [0.05, 0.1) is 18.6 Å². The third kappa shape index (κ3) is 4.35. The predicted octanol–water partition coefficient (Wildman–Crippen LogP) is 0.884. The van der Waals surface area contributed by atoms with Crippen molar-refractivity contribution in [1.29, 1.82) is 0 Å². The quantitative estimate of drug-likeness (QED) is 0.692. The minimum Gasteiger partial charge on any atom is -0.374 e. The molecule has 1 aromatic heterocycles. The molecule has 6 heteroatoms. The fraction of sp³-hybridized carbons (Fsp3) is 0.667. The van der Waals surface area contributed by atoms with Crippen LogP contribution < -0.4 is 5.32 Å². The van der Waals surface area contributed by atoms with Crippen LogP contribution in [-0.2, 0) is 17.8 Å². The maximum atomic E-state index is 11.7. The monoisotopic (exact) mass is 219 g/mol. The number of rotatable bonds is 7.